The van der Waals surface area contributed by atoms with Crippen LogP contribution < -0.4 is 11.3 Å². The lowest BCUT2D eigenvalue weighted by Gasteiger charge is -2.36. The predicted octanol–water partition coefficient (Wildman–Crippen LogP) is 1.36. The Bertz CT molecular complexity index is 319. The number of nitrogens with two attached hydrogens (primary N) is 1. The maximum absolute atomic E-state index is 11.0. The number of carbonyl (C=O) groups excluding carboxylic acids is 1. The second-order valence-corrected chi connectivity index (χ2v) is 5.24. The summed E-state index contributed by atoms with van der Waals surface area (Å²) in [4.78, 5) is 11.0. The van der Waals surface area contributed by atoms with E-state index in [1.54, 1.807) is 0 Å². The van der Waals surface area contributed by atoms with Crippen molar-refractivity contribution in [1.82, 2.24) is 5.43 Å². The summed E-state index contributed by atoms with van der Waals surface area (Å²) in [5, 5.41) is 0. The molecule has 2 bridgehead atoms. The SMILES string of the molecule is CC12CCC(C(C=O)=C1NN)C2(C)C. The normalized spacial score (nSPS) is 39.0. The molecule has 0 spiro atoms. The van der Waals surface area contributed by atoms with Crippen LogP contribution in [0.2, 0.25) is 0 Å². The minimum absolute atomic E-state index is 0.0582. The third kappa shape index (κ3) is 0.793. The van der Waals surface area contributed by atoms with Crippen LogP contribution in [0.4, 0.5) is 0 Å². The van der Waals surface area contributed by atoms with Gasteiger partial charge in [-0.2, -0.15) is 0 Å². The number of hydrazine groups is 1. The Morgan fingerprint density at radius 2 is 2.14 bits per heavy atom. The molecule has 2 aliphatic rings. The largest absolute Gasteiger partial charge is 0.327 e. The minimum Gasteiger partial charge on any atom is -0.327 e. The Morgan fingerprint density at radius 3 is 2.57 bits per heavy atom. The van der Waals surface area contributed by atoms with Gasteiger partial charge in [0.25, 0.3) is 0 Å². The fourth-order valence-corrected chi connectivity index (χ4v) is 3.37. The summed E-state index contributed by atoms with van der Waals surface area (Å²) in [7, 11) is 0. The molecule has 78 valence electrons. The zero-order chi connectivity index (χ0) is 10.6. The number of aldehydes is 1. The van der Waals surface area contributed by atoms with E-state index in [0.29, 0.717) is 5.92 Å². The quantitative estimate of drug-likeness (QED) is 0.396. The van der Waals surface area contributed by atoms with Gasteiger partial charge in [0.05, 0.1) is 0 Å². The molecule has 2 atom stereocenters. The van der Waals surface area contributed by atoms with Crippen LogP contribution in [0.5, 0.6) is 0 Å². The molecule has 3 N–H and O–H groups in total. The molecule has 2 rings (SSSR count). The molecule has 0 aromatic carbocycles. The van der Waals surface area contributed by atoms with Gasteiger partial charge >= 0.3 is 0 Å². The Hall–Kier alpha value is -0.830. The summed E-state index contributed by atoms with van der Waals surface area (Å²) in [6, 6.07) is 0. The van der Waals surface area contributed by atoms with Gasteiger partial charge in [-0.3, -0.25) is 10.6 Å². The van der Waals surface area contributed by atoms with E-state index in [1.165, 1.54) is 0 Å². The molecule has 3 heteroatoms. The average molecular weight is 194 g/mol. The summed E-state index contributed by atoms with van der Waals surface area (Å²) in [5.74, 6) is 5.91. The van der Waals surface area contributed by atoms with Crippen LogP contribution in [0, 0.1) is 16.7 Å². The van der Waals surface area contributed by atoms with Crippen molar-refractivity contribution >= 4 is 6.29 Å². The smallest absolute Gasteiger partial charge is 0.148 e. The molecule has 0 amide bonds. The highest BCUT2D eigenvalue weighted by atomic mass is 16.1. The average Bonchev–Trinajstić information content (AvgIpc) is 2.46. The molecule has 2 aliphatic carbocycles. The molecule has 0 aromatic rings. The topological polar surface area (TPSA) is 55.1 Å². The van der Waals surface area contributed by atoms with Crippen LogP contribution in [0.15, 0.2) is 11.3 Å². The van der Waals surface area contributed by atoms with Crippen molar-refractivity contribution in [2.45, 2.75) is 33.6 Å². The summed E-state index contributed by atoms with van der Waals surface area (Å²) in [6.45, 7) is 6.68. The Balaban J connectivity index is 2.57. The summed E-state index contributed by atoms with van der Waals surface area (Å²) >= 11 is 0. The first-order valence-corrected chi connectivity index (χ1v) is 5.15. The summed E-state index contributed by atoms with van der Waals surface area (Å²) in [6.07, 6.45) is 3.22. The molecule has 0 aliphatic heterocycles. The maximum atomic E-state index is 11.0. The molecule has 0 heterocycles. The lowest BCUT2D eigenvalue weighted by atomic mass is 9.69. The lowest BCUT2D eigenvalue weighted by molar-refractivity contribution is -0.105. The van der Waals surface area contributed by atoms with Crippen molar-refractivity contribution in [3.63, 3.8) is 0 Å². The number of nitrogens with one attached hydrogen (secondary N) is 1. The summed E-state index contributed by atoms with van der Waals surface area (Å²) < 4.78 is 0. The van der Waals surface area contributed by atoms with Crippen molar-refractivity contribution in [3.05, 3.63) is 11.3 Å². The first kappa shape index (κ1) is 9.71. The van der Waals surface area contributed by atoms with Crippen molar-refractivity contribution in [1.29, 1.82) is 0 Å². The molecule has 1 fully saturated rings. The molecule has 0 radical (unpaired) electrons. The van der Waals surface area contributed by atoms with Crippen LogP contribution in [0.1, 0.15) is 33.6 Å². The third-order valence-corrected chi connectivity index (χ3v) is 4.71. The van der Waals surface area contributed by atoms with E-state index in [1.807, 2.05) is 0 Å². The maximum Gasteiger partial charge on any atom is 0.148 e. The van der Waals surface area contributed by atoms with Gasteiger partial charge in [0.1, 0.15) is 6.29 Å². The number of hydrogen-bond acceptors (Lipinski definition) is 3. The van der Waals surface area contributed by atoms with Gasteiger partial charge in [0.15, 0.2) is 0 Å². The van der Waals surface area contributed by atoms with Crippen LogP contribution in [-0.4, -0.2) is 6.29 Å². The molecule has 1 saturated carbocycles. The number of fused-ring (bicyclic) bond motifs is 2. The van der Waals surface area contributed by atoms with Crippen LogP contribution in [0.3, 0.4) is 0 Å². The molecule has 2 unspecified atom stereocenters. The standard InChI is InChI=1S/C11H18N2O/c1-10(2)8-4-5-11(10,3)9(13-12)7(8)6-14/h6,8,13H,4-5,12H2,1-3H3. The van der Waals surface area contributed by atoms with E-state index < -0.39 is 0 Å². The molecule has 3 nitrogen and oxygen atoms in total. The number of hydrogen-bond donors (Lipinski definition) is 2. The van der Waals surface area contributed by atoms with Crippen molar-refractivity contribution in [2.24, 2.45) is 22.6 Å². The van der Waals surface area contributed by atoms with E-state index in [9.17, 15) is 4.79 Å². The van der Waals surface area contributed by atoms with E-state index in [-0.39, 0.29) is 10.8 Å². The van der Waals surface area contributed by atoms with Crippen molar-refractivity contribution < 1.29 is 4.79 Å². The minimum atomic E-state index is 0.0582. The fourth-order valence-electron chi connectivity index (χ4n) is 3.37. The Morgan fingerprint density at radius 1 is 1.50 bits per heavy atom. The number of allylic oxidation sites excluding steroid dienone is 2. The zero-order valence-electron chi connectivity index (χ0n) is 9.05. The Kier molecular flexibility index (Phi) is 1.80. The fraction of sp³-hybridized carbons (Fsp3) is 0.727. The van der Waals surface area contributed by atoms with Gasteiger partial charge in [0.2, 0.25) is 0 Å². The van der Waals surface area contributed by atoms with Crippen LogP contribution in [-0.2, 0) is 4.79 Å². The summed E-state index contributed by atoms with van der Waals surface area (Å²) in [5.41, 5.74) is 4.82. The van der Waals surface area contributed by atoms with E-state index in [0.717, 1.165) is 30.4 Å². The second-order valence-electron chi connectivity index (χ2n) is 5.24. The number of rotatable bonds is 2. The highest BCUT2D eigenvalue weighted by molar-refractivity contribution is 5.78. The van der Waals surface area contributed by atoms with Gasteiger partial charge in [0, 0.05) is 16.7 Å². The molecule has 0 aromatic heterocycles. The third-order valence-electron chi connectivity index (χ3n) is 4.71. The van der Waals surface area contributed by atoms with Crippen molar-refractivity contribution in [3.8, 4) is 0 Å². The highest BCUT2D eigenvalue weighted by Crippen LogP contribution is 2.66. The van der Waals surface area contributed by atoms with E-state index in [4.69, 9.17) is 5.84 Å². The Labute approximate surface area is 84.7 Å². The van der Waals surface area contributed by atoms with Gasteiger partial charge in [-0.15, -0.1) is 0 Å². The lowest BCUT2D eigenvalue weighted by Crippen LogP contribution is -2.37. The van der Waals surface area contributed by atoms with Gasteiger partial charge in [-0.25, -0.2) is 0 Å². The van der Waals surface area contributed by atoms with Crippen molar-refractivity contribution in [2.75, 3.05) is 0 Å². The zero-order valence-corrected chi connectivity index (χ0v) is 9.05. The van der Waals surface area contributed by atoms with Gasteiger partial charge in [-0.05, 0) is 24.2 Å². The monoisotopic (exact) mass is 194 g/mol. The predicted molar refractivity (Wildman–Crippen MR) is 55.0 cm³/mol. The molecular formula is C11H18N2O. The molecule has 14 heavy (non-hydrogen) atoms. The number of carbonyl (C=O) groups is 1. The first-order valence-electron chi connectivity index (χ1n) is 5.15. The second kappa shape index (κ2) is 2.60. The van der Waals surface area contributed by atoms with Crippen LogP contribution in [0.25, 0.3) is 0 Å². The molecule has 0 saturated heterocycles. The molecular weight excluding hydrogens is 176 g/mol. The first-order chi connectivity index (χ1) is 6.49. The van der Waals surface area contributed by atoms with Gasteiger partial charge < -0.3 is 5.43 Å². The van der Waals surface area contributed by atoms with E-state index >= 15 is 0 Å². The van der Waals surface area contributed by atoms with E-state index in [2.05, 4.69) is 26.2 Å². The van der Waals surface area contributed by atoms with Gasteiger partial charge in [-0.1, -0.05) is 20.8 Å². The van der Waals surface area contributed by atoms with Crippen LogP contribution >= 0.6 is 0 Å². The highest BCUT2D eigenvalue weighted by Gasteiger charge is 2.60.